The lowest BCUT2D eigenvalue weighted by molar-refractivity contribution is -0.137. The van der Waals surface area contributed by atoms with E-state index in [0.29, 0.717) is 16.5 Å². The summed E-state index contributed by atoms with van der Waals surface area (Å²) < 4.78 is 5.96. The number of benzene rings is 1. The first kappa shape index (κ1) is 19.2. The van der Waals surface area contributed by atoms with E-state index in [9.17, 15) is 14.4 Å². The Balaban J connectivity index is 1.98. The quantitative estimate of drug-likeness (QED) is 0.473. The van der Waals surface area contributed by atoms with Gasteiger partial charge < -0.3 is 21.1 Å². The van der Waals surface area contributed by atoms with Crippen LogP contribution in [0.3, 0.4) is 0 Å². The fraction of sp³-hybridized carbons (Fsp3) is 0.267. The number of carbonyl (C=O) groups excluding carboxylic acids is 3. The fourth-order valence-corrected chi connectivity index (χ4v) is 2.70. The molecule has 0 aliphatic rings. The minimum Gasteiger partial charge on any atom is -0.468 e. The summed E-state index contributed by atoms with van der Waals surface area (Å²) in [6.07, 6.45) is 0. The van der Waals surface area contributed by atoms with Crippen LogP contribution in [0.15, 0.2) is 29.4 Å². The summed E-state index contributed by atoms with van der Waals surface area (Å²) in [5, 5.41) is 13.2. The van der Waals surface area contributed by atoms with Crippen LogP contribution in [-0.4, -0.2) is 45.4 Å². The number of nitrogens with zero attached hydrogens (tertiary/aromatic N) is 3. The average Bonchev–Trinajstić information content (AvgIpc) is 2.94. The molecule has 11 heteroatoms. The van der Waals surface area contributed by atoms with E-state index in [0.717, 1.165) is 11.8 Å². The Bertz CT molecular complexity index is 805. The molecule has 2 amide bonds. The Labute approximate surface area is 153 Å². The molecule has 2 rings (SSSR count). The van der Waals surface area contributed by atoms with Crippen LogP contribution in [-0.2, 0) is 25.7 Å². The summed E-state index contributed by atoms with van der Waals surface area (Å²) in [6.45, 7) is 1.30. The van der Waals surface area contributed by atoms with Gasteiger partial charge in [0.15, 0.2) is 5.16 Å². The molecule has 1 heterocycles. The number of nitrogen functional groups attached to an aromatic ring is 1. The van der Waals surface area contributed by atoms with Crippen LogP contribution in [0.5, 0.6) is 0 Å². The number of nitrogens with two attached hydrogens (primary N) is 1. The van der Waals surface area contributed by atoms with Gasteiger partial charge in [0, 0.05) is 18.3 Å². The van der Waals surface area contributed by atoms with Crippen molar-refractivity contribution in [2.75, 3.05) is 29.2 Å². The van der Waals surface area contributed by atoms with Crippen molar-refractivity contribution in [3.05, 3.63) is 24.3 Å². The number of nitrogens with one attached hydrogen (secondary N) is 2. The number of esters is 1. The van der Waals surface area contributed by atoms with Crippen LogP contribution < -0.4 is 16.4 Å². The van der Waals surface area contributed by atoms with Crippen molar-refractivity contribution in [3.8, 4) is 0 Å². The van der Waals surface area contributed by atoms with E-state index in [2.05, 4.69) is 25.6 Å². The lowest BCUT2D eigenvalue weighted by Gasteiger charge is -2.09. The normalized spacial score (nSPS) is 10.2. The molecule has 0 spiro atoms. The van der Waals surface area contributed by atoms with Gasteiger partial charge in [-0.2, -0.15) is 0 Å². The van der Waals surface area contributed by atoms with Gasteiger partial charge in [0.2, 0.25) is 17.8 Å². The zero-order chi connectivity index (χ0) is 19.1. The first-order valence-corrected chi connectivity index (χ1v) is 8.43. The van der Waals surface area contributed by atoms with Crippen molar-refractivity contribution in [2.24, 2.45) is 0 Å². The van der Waals surface area contributed by atoms with Crippen molar-refractivity contribution in [1.82, 2.24) is 14.8 Å². The van der Waals surface area contributed by atoms with E-state index in [-0.39, 0.29) is 30.1 Å². The highest BCUT2D eigenvalue weighted by Gasteiger charge is 2.15. The van der Waals surface area contributed by atoms with Gasteiger partial charge in [-0.05, 0) is 24.3 Å². The summed E-state index contributed by atoms with van der Waals surface area (Å²) >= 11 is 1.07. The molecule has 1 aromatic heterocycles. The standard InChI is InChI=1S/C15H18N6O4S/c1-9(22)17-10-3-5-11(6-4-10)18-12(23)7-21-14(16)19-20-15(21)26-8-13(24)25-2/h3-6H,7-8H2,1-2H3,(H2,16,19)(H,17,22)(H,18,23). The monoisotopic (exact) mass is 378 g/mol. The maximum absolute atomic E-state index is 12.2. The number of amides is 2. The van der Waals surface area contributed by atoms with Crippen LogP contribution in [0.25, 0.3) is 0 Å². The molecule has 4 N–H and O–H groups in total. The van der Waals surface area contributed by atoms with Crippen LogP contribution in [0.1, 0.15) is 6.92 Å². The molecular weight excluding hydrogens is 360 g/mol. The van der Waals surface area contributed by atoms with Gasteiger partial charge in [-0.3, -0.25) is 19.0 Å². The molecular formula is C15H18N6O4S. The predicted octanol–water partition coefficient (Wildman–Crippen LogP) is 0.722. The Morgan fingerprint density at radius 1 is 1.15 bits per heavy atom. The second-order valence-corrected chi connectivity index (χ2v) is 6.04. The molecule has 1 aromatic carbocycles. The van der Waals surface area contributed by atoms with Crippen molar-refractivity contribution >= 4 is 46.9 Å². The number of hydrogen-bond acceptors (Lipinski definition) is 8. The largest absolute Gasteiger partial charge is 0.468 e. The van der Waals surface area contributed by atoms with E-state index >= 15 is 0 Å². The van der Waals surface area contributed by atoms with Crippen molar-refractivity contribution < 1.29 is 19.1 Å². The Morgan fingerprint density at radius 2 is 1.77 bits per heavy atom. The first-order chi connectivity index (χ1) is 12.4. The van der Waals surface area contributed by atoms with Gasteiger partial charge in [-0.25, -0.2) is 0 Å². The second kappa shape index (κ2) is 8.85. The van der Waals surface area contributed by atoms with E-state index in [1.54, 1.807) is 24.3 Å². The summed E-state index contributed by atoms with van der Waals surface area (Å²) in [6, 6.07) is 6.65. The molecule has 0 saturated carbocycles. The fourth-order valence-electron chi connectivity index (χ4n) is 1.92. The number of methoxy groups -OCH3 is 1. The number of thioether (sulfide) groups is 1. The van der Waals surface area contributed by atoms with E-state index in [4.69, 9.17) is 5.73 Å². The predicted molar refractivity (Wildman–Crippen MR) is 96.5 cm³/mol. The number of anilines is 3. The van der Waals surface area contributed by atoms with Crippen molar-refractivity contribution in [3.63, 3.8) is 0 Å². The maximum atomic E-state index is 12.2. The van der Waals surface area contributed by atoms with E-state index in [1.807, 2.05) is 0 Å². The summed E-state index contributed by atoms with van der Waals surface area (Å²) in [7, 11) is 1.28. The minimum atomic E-state index is -0.424. The van der Waals surface area contributed by atoms with Gasteiger partial charge in [-0.15, -0.1) is 10.2 Å². The third kappa shape index (κ3) is 5.48. The third-order valence-corrected chi connectivity index (χ3v) is 4.02. The molecule has 0 saturated heterocycles. The SMILES string of the molecule is COC(=O)CSc1nnc(N)n1CC(=O)Nc1ccc(NC(C)=O)cc1. The van der Waals surface area contributed by atoms with Crippen LogP contribution in [0, 0.1) is 0 Å². The van der Waals surface area contributed by atoms with Gasteiger partial charge in [0.1, 0.15) is 6.54 Å². The van der Waals surface area contributed by atoms with Crippen LogP contribution in [0.4, 0.5) is 17.3 Å². The molecule has 0 aliphatic carbocycles. The highest BCUT2D eigenvalue weighted by Crippen LogP contribution is 2.19. The topological polar surface area (TPSA) is 141 Å². The zero-order valence-corrected chi connectivity index (χ0v) is 15.0. The van der Waals surface area contributed by atoms with Gasteiger partial charge >= 0.3 is 5.97 Å². The lowest BCUT2D eigenvalue weighted by Crippen LogP contribution is -2.20. The van der Waals surface area contributed by atoms with Gasteiger partial charge in [-0.1, -0.05) is 11.8 Å². The molecule has 0 aliphatic heterocycles. The molecule has 0 unspecified atom stereocenters. The third-order valence-electron chi connectivity index (χ3n) is 3.08. The molecule has 0 bridgehead atoms. The number of aromatic nitrogens is 3. The van der Waals surface area contributed by atoms with Gasteiger partial charge in [0.25, 0.3) is 0 Å². The number of rotatable bonds is 7. The summed E-state index contributed by atoms with van der Waals surface area (Å²) in [5.74, 6) is -0.855. The number of hydrogen-bond donors (Lipinski definition) is 3. The molecule has 0 atom stereocenters. The van der Waals surface area contributed by atoms with Gasteiger partial charge in [0.05, 0.1) is 12.9 Å². The van der Waals surface area contributed by atoms with Crippen molar-refractivity contribution in [1.29, 1.82) is 0 Å². The summed E-state index contributed by atoms with van der Waals surface area (Å²) in [4.78, 5) is 34.4. The Hall–Kier alpha value is -3.08. The van der Waals surface area contributed by atoms with Crippen LogP contribution in [0.2, 0.25) is 0 Å². The minimum absolute atomic E-state index is 0.0286. The summed E-state index contributed by atoms with van der Waals surface area (Å²) in [5.41, 5.74) is 6.91. The maximum Gasteiger partial charge on any atom is 0.316 e. The molecule has 2 aromatic rings. The lowest BCUT2D eigenvalue weighted by atomic mass is 10.2. The van der Waals surface area contributed by atoms with E-state index < -0.39 is 5.97 Å². The first-order valence-electron chi connectivity index (χ1n) is 7.45. The van der Waals surface area contributed by atoms with Crippen molar-refractivity contribution in [2.45, 2.75) is 18.6 Å². The number of carbonyl (C=O) groups is 3. The molecule has 0 radical (unpaired) electrons. The second-order valence-electron chi connectivity index (χ2n) is 5.10. The smallest absolute Gasteiger partial charge is 0.316 e. The Morgan fingerprint density at radius 3 is 2.35 bits per heavy atom. The van der Waals surface area contributed by atoms with E-state index in [1.165, 1.54) is 18.6 Å². The Kier molecular flexibility index (Phi) is 6.55. The molecule has 26 heavy (non-hydrogen) atoms. The molecule has 0 fully saturated rings. The molecule has 138 valence electrons. The zero-order valence-electron chi connectivity index (χ0n) is 14.2. The highest BCUT2D eigenvalue weighted by molar-refractivity contribution is 7.99. The average molecular weight is 378 g/mol. The highest BCUT2D eigenvalue weighted by atomic mass is 32.2. The number of ether oxygens (including phenoxy) is 1. The molecule has 10 nitrogen and oxygen atoms in total. The van der Waals surface area contributed by atoms with Crippen LogP contribution >= 0.6 is 11.8 Å².